The van der Waals surface area contributed by atoms with Crippen LogP contribution >= 0.6 is 22.9 Å². The first-order valence-electron chi connectivity index (χ1n) is 8.51. The van der Waals surface area contributed by atoms with Gasteiger partial charge >= 0.3 is 0 Å². The SMILES string of the molecule is CC(=O)Nc1c(C)noc1C=Cc1ccc(S(=O)(=O)NCc2ccccc2Cl)s1. The zero-order valence-electron chi connectivity index (χ0n) is 15.6. The molecular weight excluding hydrogens is 434 g/mol. The summed E-state index contributed by atoms with van der Waals surface area (Å²) in [6, 6.07) is 10.3. The van der Waals surface area contributed by atoms with E-state index in [-0.39, 0.29) is 16.7 Å². The average Bonchev–Trinajstić information content (AvgIpc) is 3.27. The van der Waals surface area contributed by atoms with Gasteiger partial charge in [0, 0.05) is 23.4 Å². The predicted octanol–water partition coefficient (Wildman–Crippen LogP) is 4.31. The topological polar surface area (TPSA) is 101 Å². The van der Waals surface area contributed by atoms with Crippen LogP contribution in [0.25, 0.3) is 12.2 Å². The third kappa shape index (κ3) is 5.33. The predicted molar refractivity (Wildman–Crippen MR) is 114 cm³/mol. The summed E-state index contributed by atoms with van der Waals surface area (Å²) < 4.78 is 33.0. The molecule has 0 aliphatic heterocycles. The van der Waals surface area contributed by atoms with Crippen molar-refractivity contribution in [3.63, 3.8) is 0 Å². The van der Waals surface area contributed by atoms with E-state index in [1.165, 1.54) is 13.0 Å². The Morgan fingerprint density at radius 2 is 2.00 bits per heavy atom. The van der Waals surface area contributed by atoms with E-state index >= 15 is 0 Å². The Hall–Kier alpha value is -2.46. The minimum Gasteiger partial charge on any atom is -0.354 e. The number of nitrogens with zero attached hydrogens (tertiary/aromatic N) is 1. The van der Waals surface area contributed by atoms with E-state index in [0.29, 0.717) is 32.6 Å². The van der Waals surface area contributed by atoms with Gasteiger partial charge in [-0.1, -0.05) is 35.0 Å². The van der Waals surface area contributed by atoms with Gasteiger partial charge < -0.3 is 9.84 Å². The number of hydrogen-bond donors (Lipinski definition) is 2. The lowest BCUT2D eigenvalue weighted by atomic mass is 10.2. The first-order valence-corrected chi connectivity index (χ1v) is 11.2. The number of carbonyl (C=O) groups excluding carboxylic acids is 1. The summed E-state index contributed by atoms with van der Waals surface area (Å²) in [7, 11) is -3.67. The lowest BCUT2D eigenvalue weighted by Gasteiger charge is -2.06. The van der Waals surface area contributed by atoms with Gasteiger partial charge in [0.2, 0.25) is 15.9 Å². The highest BCUT2D eigenvalue weighted by atomic mass is 35.5. The zero-order chi connectivity index (χ0) is 21.0. The van der Waals surface area contributed by atoms with E-state index in [1.54, 1.807) is 49.4 Å². The monoisotopic (exact) mass is 451 g/mol. The van der Waals surface area contributed by atoms with E-state index in [2.05, 4.69) is 15.2 Å². The maximum Gasteiger partial charge on any atom is 0.250 e. The Morgan fingerprint density at radius 1 is 1.24 bits per heavy atom. The highest BCUT2D eigenvalue weighted by Crippen LogP contribution is 2.26. The molecule has 29 heavy (non-hydrogen) atoms. The molecule has 2 N–H and O–H groups in total. The summed E-state index contributed by atoms with van der Waals surface area (Å²) in [5, 5.41) is 7.00. The second-order valence-corrected chi connectivity index (χ2v) is 9.61. The van der Waals surface area contributed by atoms with Gasteiger partial charge in [-0.3, -0.25) is 4.79 Å². The number of rotatable bonds is 7. The first kappa shape index (κ1) is 21.3. The lowest BCUT2D eigenvalue weighted by Crippen LogP contribution is -2.22. The van der Waals surface area contributed by atoms with Gasteiger partial charge in [0.1, 0.15) is 15.6 Å². The maximum absolute atomic E-state index is 12.5. The number of anilines is 1. The minimum atomic E-state index is -3.67. The third-order valence-corrected chi connectivity index (χ3v) is 7.18. The number of amides is 1. The van der Waals surface area contributed by atoms with E-state index in [9.17, 15) is 13.2 Å². The summed E-state index contributed by atoms with van der Waals surface area (Å²) in [4.78, 5) is 12.0. The number of aromatic nitrogens is 1. The number of thiophene rings is 1. The Labute approximate surface area is 177 Å². The molecular formula is C19H18ClN3O4S2. The van der Waals surface area contributed by atoms with Crippen molar-refractivity contribution in [2.75, 3.05) is 5.32 Å². The fraction of sp³-hybridized carbons (Fsp3) is 0.158. The van der Waals surface area contributed by atoms with Crippen molar-refractivity contribution < 1.29 is 17.7 Å². The summed E-state index contributed by atoms with van der Waals surface area (Å²) in [6.45, 7) is 3.21. The van der Waals surface area contributed by atoms with Gasteiger partial charge in [-0.15, -0.1) is 11.3 Å². The number of halogens is 1. The van der Waals surface area contributed by atoms with Crippen LogP contribution < -0.4 is 10.0 Å². The minimum absolute atomic E-state index is 0.0997. The molecule has 0 aliphatic carbocycles. The van der Waals surface area contributed by atoms with Crippen LogP contribution in [-0.4, -0.2) is 19.5 Å². The third-order valence-electron chi connectivity index (χ3n) is 3.87. The molecule has 2 heterocycles. The Balaban J connectivity index is 1.73. The number of carbonyl (C=O) groups is 1. The quantitative estimate of drug-likeness (QED) is 0.557. The fourth-order valence-corrected chi connectivity index (χ4v) is 4.92. The molecule has 0 saturated carbocycles. The van der Waals surface area contributed by atoms with Crippen LogP contribution in [0.4, 0.5) is 5.69 Å². The molecule has 152 valence electrons. The van der Waals surface area contributed by atoms with E-state index in [0.717, 1.165) is 11.3 Å². The van der Waals surface area contributed by atoms with Crippen LogP contribution in [0.15, 0.2) is 45.1 Å². The number of aryl methyl sites for hydroxylation is 1. The molecule has 0 bridgehead atoms. The van der Waals surface area contributed by atoms with E-state index in [1.807, 2.05) is 0 Å². The maximum atomic E-state index is 12.5. The van der Waals surface area contributed by atoms with Gasteiger partial charge in [-0.25, -0.2) is 13.1 Å². The van der Waals surface area contributed by atoms with Crippen LogP contribution in [0, 0.1) is 6.92 Å². The molecule has 3 rings (SSSR count). The van der Waals surface area contributed by atoms with Crippen molar-refractivity contribution in [2.45, 2.75) is 24.6 Å². The van der Waals surface area contributed by atoms with Gasteiger partial charge in [0.15, 0.2) is 5.76 Å². The van der Waals surface area contributed by atoms with Crippen molar-refractivity contribution in [1.29, 1.82) is 0 Å². The standard InChI is InChI=1S/C19H18ClN3O4S2/c1-12-19(22-13(2)24)17(27-23-12)9-7-15-8-10-18(28-15)29(25,26)21-11-14-5-3-4-6-16(14)20/h3-10,21H,11H2,1-2H3,(H,22,24). The van der Waals surface area contributed by atoms with Gasteiger partial charge in [0.25, 0.3) is 0 Å². The van der Waals surface area contributed by atoms with Crippen LogP contribution in [-0.2, 0) is 21.4 Å². The molecule has 0 spiro atoms. The first-order chi connectivity index (χ1) is 13.8. The molecule has 1 amide bonds. The van der Waals surface area contributed by atoms with Crippen molar-refractivity contribution in [2.24, 2.45) is 0 Å². The summed E-state index contributed by atoms with van der Waals surface area (Å²) >= 11 is 7.17. The number of benzene rings is 1. The summed E-state index contributed by atoms with van der Waals surface area (Å²) in [6.07, 6.45) is 3.33. The molecule has 0 fully saturated rings. The Kier molecular flexibility index (Phi) is 6.53. The van der Waals surface area contributed by atoms with E-state index < -0.39 is 10.0 Å². The molecule has 0 unspecified atom stereocenters. The highest BCUT2D eigenvalue weighted by molar-refractivity contribution is 7.91. The molecule has 10 heteroatoms. The Morgan fingerprint density at radius 3 is 2.72 bits per heavy atom. The second-order valence-electron chi connectivity index (χ2n) is 6.09. The summed E-state index contributed by atoms with van der Waals surface area (Å²) in [5.74, 6) is 0.146. The second kappa shape index (κ2) is 8.91. The van der Waals surface area contributed by atoms with Crippen molar-refractivity contribution in [3.8, 4) is 0 Å². The lowest BCUT2D eigenvalue weighted by molar-refractivity contribution is -0.114. The largest absolute Gasteiger partial charge is 0.354 e. The van der Waals surface area contributed by atoms with Gasteiger partial charge in [-0.2, -0.15) is 0 Å². The number of hydrogen-bond acceptors (Lipinski definition) is 6. The molecule has 0 radical (unpaired) electrons. The van der Waals surface area contributed by atoms with Crippen LogP contribution in [0.3, 0.4) is 0 Å². The van der Waals surface area contributed by atoms with Crippen LogP contribution in [0.2, 0.25) is 5.02 Å². The molecule has 1 aromatic carbocycles. The molecule has 3 aromatic rings. The van der Waals surface area contributed by atoms with Crippen LogP contribution in [0.1, 0.15) is 28.8 Å². The van der Waals surface area contributed by atoms with Crippen molar-refractivity contribution >= 4 is 56.7 Å². The highest BCUT2D eigenvalue weighted by Gasteiger charge is 2.17. The molecule has 0 aliphatic rings. The van der Waals surface area contributed by atoms with E-state index in [4.69, 9.17) is 16.1 Å². The number of sulfonamides is 1. The van der Waals surface area contributed by atoms with Gasteiger partial charge in [0.05, 0.1) is 0 Å². The average molecular weight is 452 g/mol. The molecule has 0 atom stereocenters. The Bertz CT molecular complexity index is 1170. The van der Waals surface area contributed by atoms with Gasteiger partial charge in [-0.05, 0) is 42.8 Å². The van der Waals surface area contributed by atoms with Crippen molar-refractivity contribution in [1.82, 2.24) is 9.88 Å². The number of nitrogens with one attached hydrogen (secondary N) is 2. The molecule has 0 saturated heterocycles. The fourth-order valence-electron chi connectivity index (χ4n) is 2.44. The smallest absolute Gasteiger partial charge is 0.250 e. The molecule has 7 nitrogen and oxygen atoms in total. The summed E-state index contributed by atoms with van der Waals surface area (Å²) in [5.41, 5.74) is 1.73. The zero-order valence-corrected chi connectivity index (χ0v) is 18.0. The van der Waals surface area contributed by atoms with Crippen molar-refractivity contribution in [3.05, 3.63) is 63.3 Å². The normalized spacial score (nSPS) is 11.8. The molecule has 2 aromatic heterocycles. The van der Waals surface area contributed by atoms with Crippen LogP contribution in [0.5, 0.6) is 0 Å².